The van der Waals surface area contributed by atoms with E-state index in [0.717, 1.165) is 4.47 Å². The molecule has 0 atom stereocenters. The molecule has 0 aliphatic rings. The Morgan fingerprint density at radius 2 is 2.15 bits per heavy atom. The molecule has 108 valence electrons. The number of benzene rings is 1. The molecular formula is C12H13BrClN3O2S. The Labute approximate surface area is 130 Å². The average Bonchev–Trinajstić information content (AvgIpc) is 2.67. The summed E-state index contributed by atoms with van der Waals surface area (Å²) >= 11 is 9.50. The summed E-state index contributed by atoms with van der Waals surface area (Å²) in [6.07, 6.45) is 2.80. The number of nitrogens with two attached hydrogens (primary N) is 1. The lowest BCUT2D eigenvalue weighted by Crippen LogP contribution is -2.11. The van der Waals surface area contributed by atoms with Crippen molar-refractivity contribution in [1.29, 1.82) is 0 Å². The van der Waals surface area contributed by atoms with Crippen LogP contribution in [-0.4, -0.2) is 30.2 Å². The highest BCUT2D eigenvalue weighted by Gasteiger charge is 2.13. The van der Waals surface area contributed by atoms with Crippen LogP contribution in [0.15, 0.2) is 28.9 Å². The van der Waals surface area contributed by atoms with Crippen LogP contribution in [0.25, 0.3) is 11.3 Å². The van der Waals surface area contributed by atoms with E-state index in [9.17, 15) is 8.42 Å². The van der Waals surface area contributed by atoms with Crippen LogP contribution >= 0.6 is 27.5 Å². The monoisotopic (exact) mass is 377 g/mol. The number of hydrogen-bond acceptors (Lipinski definition) is 4. The van der Waals surface area contributed by atoms with Gasteiger partial charge in [-0.15, -0.1) is 0 Å². The topological polar surface area (TPSA) is 78.0 Å². The van der Waals surface area contributed by atoms with Crippen LogP contribution < -0.4 is 5.73 Å². The van der Waals surface area contributed by atoms with E-state index in [1.807, 2.05) is 12.1 Å². The number of nitrogens with zero attached hydrogens (tertiary/aromatic N) is 2. The predicted octanol–water partition coefficient (Wildman–Crippen LogP) is 2.59. The van der Waals surface area contributed by atoms with Crippen molar-refractivity contribution in [3.8, 4) is 11.3 Å². The van der Waals surface area contributed by atoms with E-state index in [-0.39, 0.29) is 12.3 Å². The van der Waals surface area contributed by atoms with Crippen LogP contribution in [0.3, 0.4) is 0 Å². The second-order valence-electron chi connectivity index (χ2n) is 4.45. The van der Waals surface area contributed by atoms with Crippen molar-refractivity contribution >= 4 is 43.1 Å². The lowest BCUT2D eigenvalue weighted by molar-refractivity contribution is 0.586. The number of anilines is 1. The van der Waals surface area contributed by atoms with Gasteiger partial charge in [0.05, 0.1) is 23.0 Å². The normalized spacial score (nSPS) is 11.8. The number of halogens is 2. The van der Waals surface area contributed by atoms with Crippen molar-refractivity contribution in [2.24, 2.45) is 0 Å². The Bertz CT molecular complexity index is 743. The number of aryl methyl sites for hydroxylation is 1. The van der Waals surface area contributed by atoms with E-state index in [2.05, 4.69) is 21.0 Å². The molecule has 20 heavy (non-hydrogen) atoms. The maximum Gasteiger partial charge on any atom is 0.149 e. The van der Waals surface area contributed by atoms with Crippen molar-refractivity contribution in [2.45, 2.75) is 6.54 Å². The fourth-order valence-corrected chi connectivity index (χ4v) is 2.98. The zero-order valence-corrected chi connectivity index (χ0v) is 13.8. The smallest absolute Gasteiger partial charge is 0.149 e. The van der Waals surface area contributed by atoms with Crippen molar-refractivity contribution in [1.82, 2.24) is 9.78 Å². The SMILES string of the molecule is CS(=O)(=O)CCn1cc(N)c(-c2ccc(Br)cc2Cl)n1. The van der Waals surface area contributed by atoms with Gasteiger partial charge in [-0.3, -0.25) is 4.68 Å². The van der Waals surface area contributed by atoms with E-state index in [0.29, 0.717) is 22.0 Å². The van der Waals surface area contributed by atoms with E-state index >= 15 is 0 Å². The van der Waals surface area contributed by atoms with Gasteiger partial charge in [-0.25, -0.2) is 8.42 Å². The minimum atomic E-state index is -3.04. The van der Waals surface area contributed by atoms with Gasteiger partial charge in [-0.05, 0) is 12.1 Å². The summed E-state index contributed by atoms with van der Waals surface area (Å²) < 4.78 is 24.7. The Morgan fingerprint density at radius 3 is 2.75 bits per heavy atom. The van der Waals surface area contributed by atoms with E-state index in [4.69, 9.17) is 17.3 Å². The molecule has 0 amide bonds. The largest absolute Gasteiger partial charge is 0.396 e. The summed E-state index contributed by atoms with van der Waals surface area (Å²) in [5, 5.41) is 4.83. The average molecular weight is 379 g/mol. The first-order valence-electron chi connectivity index (χ1n) is 5.72. The van der Waals surface area contributed by atoms with Gasteiger partial charge in [0.1, 0.15) is 15.5 Å². The molecule has 0 saturated heterocycles. The van der Waals surface area contributed by atoms with Crippen molar-refractivity contribution in [3.63, 3.8) is 0 Å². The summed E-state index contributed by atoms with van der Waals surface area (Å²) in [5.74, 6) is 0.0155. The summed E-state index contributed by atoms with van der Waals surface area (Å²) in [6, 6.07) is 5.41. The Kier molecular flexibility index (Phi) is 4.41. The Balaban J connectivity index is 2.32. The summed E-state index contributed by atoms with van der Waals surface area (Å²) in [4.78, 5) is 0. The molecule has 2 N–H and O–H groups in total. The molecule has 0 aliphatic carbocycles. The molecular weight excluding hydrogens is 366 g/mol. The Hall–Kier alpha value is -1.05. The summed E-state index contributed by atoms with van der Waals surface area (Å²) in [5.41, 5.74) is 7.64. The Morgan fingerprint density at radius 1 is 1.45 bits per heavy atom. The fourth-order valence-electron chi connectivity index (χ4n) is 1.70. The van der Waals surface area contributed by atoms with Gasteiger partial charge in [-0.1, -0.05) is 33.6 Å². The number of aromatic nitrogens is 2. The van der Waals surface area contributed by atoms with Crippen LogP contribution in [-0.2, 0) is 16.4 Å². The maximum absolute atomic E-state index is 11.2. The van der Waals surface area contributed by atoms with Gasteiger partial charge in [-0.2, -0.15) is 5.10 Å². The van der Waals surface area contributed by atoms with Gasteiger partial charge >= 0.3 is 0 Å². The lowest BCUT2D eigenvalue weighted by atomic mass is 10.1. The van der Waals surface area contributed by atoms with E-state index < -0.39 is 9.84 Å². The van der Waals surface area contributed by atoms with Gasteiger partial charge in [0.15, 0.2) is 0 Å². The predicted molar refractivity (Wildman–Crippen MR) is 84.5 cm³/mol. The van der Waals surface area contributed by atoms with Crippen LogP contribution in [0.4, 0.5) is 5.69 Å². The molecule has 0 bridgehead atoms. The number of nitrogen functional groups attached to an aromatic ring is 1. The minimum absolute atomic E-state index is 0.0155. The van der Waals surface area contributed by atoms with E-state index in [1.54, 1.807) is 12.3 Å². The van der Waals surface area contributed by atoms with Crippen LogP contribution in [0.1, 0.15) is 0 Å². The zero-order valence-electron chi connectivity index (χ0n) is 10.7. The zero-order chi connectivity index (χ0) is 14.9. The molecule has 1 heterocycles. The molecule has 0 saturated carbocycles. The lowest BCUT2D eigenvalue weighted by Gasteiger charge is -2.03. The molecule has 0 unspecified atom stereocenters. The van der Waals surface area contributed by atoms with Crippen LogP contribution in [0.5, 0.6) is 0 Å². The van der Waals surface area contributed by atoms with Crippen molar-refractivity contribution in [2.75, 3.05) is 17.7 Å². The molecule has 5 nitrogen and oxygen atoms in total. The minimum Gasteiger partial charge on any atom is -0.396 e. The molecule has 2 rings (SSSR count). The van der Waals surface area contributed by atoms with Gasteiger partial charge in [0.2, 0.25) is 0 Å². The highest BCUT2D eigenvalue weighted by Crippen LogP contribution is 2.32. The van der Waals surface area contributed by atoms with Crippen molar-refractivity contribution in [3.05, 3.63) is 33.9 Å². The third-order valence-corrected chi connectivity index (χ3v) is 4.40. The first-order valence-corrected chi connectivity index (χ1v) is 8.95. The molecule has 0 fully saturated rings. The maximum atomic E-state index is 11.2. The molecule has 1 aromatic carbocycles. The highest BCUT2D eigenvalue weighted by molar-refractivity contribution is 9.10. The van der Waals surface area contributed by atoms with Crippen molar-refractivity contribution < 1.29 is 8.42 Å². The second kappa shape index (κ2) is 5.75. The molecule has 1 aromatic heterocycles. The number of rotatable bonds is 4. The van der Waals surface area contributed by atoms with Crippen LogP contribution in [0, 0.1) is 0 Å². The van der Waals surface area contributed by atoms with Gasteiger partial charge in [0, 0.05) is 22.5 Å². The standard InChI is InChI=1S/C12H13BrClN3O2S/c1-20(18,19)5-4-17-7-11(15)12(16-17)9-3-2-8(13)6-10(9)14/h2-3,6-7H,4-5,15H2,1H3. The second-order valence-corrected chi connectivity index (χ2v) is 8.03. The first kappa shape index (κ1) is 15.3. The molecule has 0 spiro atoms. The molecule has 2 aromatic rings. The van der Waals surface area contributed by atoms with Gasteiger partial charge in [0.25, 0.3) is 0 Å². The molecule has 0 radical (unpaired) electrons. The fraction of sp³-hybridized carbons (Fsp3) is 0.250. The summed E-state index contributed by atoms with van der Waals surface area (Å²) in [6.45, 7) is 0.261. The summed E-state index contributed by atoms with van der Waals surface area (Å²) in [7, 11) is -3.04. The van der Waals surface area contributed by atoms with Gasteiger partial charge < -0.3 is 5.73 Å². The third-order valence-electron chi connectivity index (χ3n) is 2.67. The first-order chi connectivity index (χ1) is 9.26. The molecule has 8 heteroatoms. The quantitative estimate of drug-likeness (QED) is 0.887. The highest BCUT2D eigenvalue weighted by atomic mass is 79.9. The number of hydrogen-bond donors (Lipinski definition) is 1. The number of sulfone groups is 1. The molecule has 0 aliphatic heterocycles. The third kappa shape index (κ3) is 3.74. The van der Waals surface area contributed by atoms with E-state index in [1.165, 1.54) is 10.9 Å². The van der Waals surface area contributed by atoms with Crippen LogP contribution in [0.2, 0.25) is 5.02 Å².